The molecule has 0 bridgehead atoms. The molecule has 0 unspecified atom stereocenters. The molecule has 2 N–H and O–H groups in total. The van der Waals surface area contributed by atoms with Crippen LogP contribution in [-0.2, 0) is 14.3 Å². The van der Waals surface area contributed by atoms with Crippen LogP contribution in [0, 0.1) is 0 Å². The summed E-state index contributed by atoms with van der Waals surface area (Å²) in [4.78, 5) is 35.5. The summed E-state index contributed by atoms with van der Waals surface area (Å²) in [5, 5.41) is 11.4. The van der Waals surface area contributed by atoms with Gasteiger partial charge in [-0.25, -0.2) is 9.59 Å². The number of carbonyl (C=O) groups is 3. The fourth-order valence-corrected chi connectivity index (χ4v) is 1.31. The number of nitrogens with one attached hydrogen (secondary N) is 1. The number of carboxylic acids is 1. The minimum atomic E-state index is -1.17. The van der Waals surface area contributed by atoms with E-state index < -0.39 is 29.6 Å². The van der Waals surface area contributed by atoms with E-state index in [0.29, 0.717) is 6.54 Å². The van der Waals surface area contributed by atoms with Gasteiger partial charge in [-0.2, -0.15) is 0 Å². The van der Waals surface area contributed by atoms with Gasteiger partial charge in [0, 0.05) is 20.0 Å². The van der Waals surface area contributed by atoms with Gasteiger partial charge >= 0.3 is 18.0 Å². The van der Waals surface area contributed by atoms with Crippen LogP contribution < -0.4 is 5.32 Å². The average molecular weight is 288 g/mol. The molecule has 0 fully saturated rings. The zero-order valence-corrected chi connectivity index (χ0v) is 12.7. The van der Waals surface area contributed by atoms with E-state index in [9.17, 15) is 14.4 Å². The van der Waals surface area contributed by atoms with Gasteiger partial charge in [0.15, 0.2) is 0 Å². The first-order valence-corrected chi connectivity index (χ1v) is 6.53. The Balaban J connectivity index is 4.40. The molecule has 7 nitrogen and oxygen atoms in total. The van der Waals surface area contributed by atoms with Gasteiger partial charge in [0.05, 0.1) is 0 Å². The number of esters is 1. The molecule has 0 saturated carbocycles. The van der Waals surface area contributed by atoms with Crippen molar-refractivity contribution < 1.29 is 24.2 Å². The zero-order valence-electron chi connectivity index (χ0n) is 12.7. The molecule has 0 spiro atoms. The number of rotatable bonds is 6. The van der Waals surface area contributed by atoms with Gasteiger partial charge in [0.25, 0.3) is 0 Å². The van der Waals surface area contributed by atoms with Gasteiger partial charge in [0.1, 0.15) is 11.6 Å². The van der Waals surface area contributed by atoms with Crippen molar-refractivity contribution in [3.05, 3.63) is 0 Å². The summed E-state index contributed by atoms with van der Waals surface area (Å²) in [5.74, 6) is -1.66. The molecule has 0 aromatic rings. The number of nitrogens with zero attached hydrogens (tertiary/aromatic N) is 1. The minimum Gasteiger partial charge on any atom is -0.480 e. The fourth-order valence-electron chi connectivity index (χ4n) is 1.31. The van der Waals surface area contributed by atoms with Gasteiger partial charge in [-0.05, 0) is 34.1 Å². The lowest BCUT2D eigenvalue weighted by Crippen LogP contribution is -2.46. The SMILES string of the molecule is CCN(C)C(=O)N[C@H](CCC(=O)OC(C)(C)C)C(=O)O. The summed E-state index contributed by atoms with van der Waals surface area (Å²) in [6.45, 7) is 7.44. The summed E-state index contributed by atoms with van der Waals surface area (Å²) in [6.07, 6.45) is -0.0715. The molecule has 116 valence electrons. The van der Waals surface area contributed by atoms with Crippen molar-refractivity contribution in [1.82, 2.24) is 10.2 Å². The molecule has 2 amide bonds. The van der Waals surface area contributed by atoms with E-state index in [1.165, 1.54) is 4.90 Å². The highest BCUT2D eigenvalue weighted by atomic mass is 16.6. The molecule has 0 aromatic heterocycles. The molecular formula is C13H24N2O5. The molecular weight excluding hydrogens is 264 g/mol. The lowest BCUT2D eigenvalue weighted by Gasteiger charge is -2.22. The normalized spacial score (nSPS) is 12.4. The van der Waals surface area contributed by atoms with Gasteiger partial charge in [0.2, 0.25) is 0 Å². The summed E-state index contributed by atoms with van der Waals surface area (Å²) < 4.78 is 5.09. The van der Waals surface area contributed by atoms with Crippen molar-refractivity contribution in [3.63, 3.8) is 0 Å². The quantitative estimate of drug-likeness (QED) is 0.716. The smallest absolute Gasteiger partial charge is 0.326 e. The third-order valence-corrected chi connectivity index (χ3v) is 2.47. The summed E-state index contributed by atoms with van der Waals surface area (Å²) in [5.41, 5.74) is -0.610. The maximum absolute atomic E-state index is 11.6. The largest absolute Gasteiger partial charge is 0.480 e. The van der Waals surface area contributed by atoms with Crippen molar-refractivity contribution in [2.45, 2.75) is 52.2 Å². The highest BCUT2D eigenvalue weighted by Gasteiger charge is 2.24. The number of amides is 2. The molecule has 1 atom stereocenters. The number of ether oxygens (including phenoxy) is 1. The lowest BCUT2D eigenvalue weighted by molar-refractivity contribution is -0.155. The Labute approximate surface area is 119 Å². The summed E-state index contributed by atoms with van der Waals surface area (Å²) in [7, 11) is 1.56. The zero-order chi connectivity index (χ0) is 15.9. The third kappa shape index (κ3) is 7.60. The number of aliphatic carboxylic acids is 1. The Kier molecular flexibility index (Phi) is 7.02. The number of hydrogen-bond donors (Lipinski definition) is 2. The molecule has 0 aromatic carbocycles. The van der Waals surface area contributed by atoms with Crippen molar-refractivity contribution >= 4 is 18.0 Å². The minimum absolute atomic E-state index is 0.00641. The van der Waals surface area contributed by atoms with Crippen molar-refractivity contribution in [2.75, 3.05) is 13.6 Å². The van der Waals surface area contributed by atoms with Crippen LogP contribution in [0.25, 0.3) is 0 Å². The number of carbonyl (C=O) groups excluding carboxylic acids is 2. The second-order valence-electron chi connectivity index (χ2n) is 5.48. The van der Waals surface area contributed by atoms with Crippen molar-refractivity contribution in [1.29, 1.82) is 0 Å². The van der Waals surface area contributed by atoms with Gasteiger partial charge in [-0.1, -0.05) is 0 Å². The molecule has 0 aliphatic carbocycles. The molecule has 0 aliphatic heterocycles. The Hall–Kier alpha value is -1.79. The molecule has 0 radical (unpaired) electrons. The van der Waals surface area contributed by atoms with Gasteiger partial charge < -0.3 is 20.1 Å². The molecule has 0 saturated heterocycles. The molecule has 7 heteroatoms. The summed E-state index contributed by atoms with van der Waals surface area (Å²) in [6, 6.07) is -1.59. The highest BCUT2D eigenvalue weighted by molar-refractivity contribution is 5.83. The van der Waals surface area contributed by atoms with Gasteiger partial charge in [-0.3, -0.25) is 4.79 Å². The van der Waals surface area contributed by atoms with Crippen LogP contribution in [0.2, 0.25) is 0 Å². The van der Waals surface area contributed by atoms with E-state index >= 15 is 0 Å². The van der Waals surface area contributed by atoms with E-state index in [0.717, 1.165) is 0 Å². The second-order valence-corrected chi connectivity index (χ2v) is 5.48. The Morgan fingerprint density at radius 1 is 1.30 bits per heavy atom. The van der Waals surface area contributed by atoms with Crippen molar-refractivity contribution in [3.8, 4) is 0 Å². The predicted molar refractivity (Wildman–Crippen MR) is 73.3 cm³/mol. The third-order valence-electron chi connectivity index (χ3n) is 2.47. The number of hydrogen-bond acceptors (Lipinski definition) is 4. The Morgan fingerprint density at radius 3 is 2.25 bits per heavy atom. The van der Waals surface area contributed by atoms with Crippen LogP contribution >= 0.6 is 0 Å². The van der Waals surface area contributed by atoms with E-state index in [-0.39, 0.29) is 12.8 Å². The first kappa shape index (κ1) is 18.2. The maximum atomic E-state index is 11.6. The van der Waals surface area contributed by atoms with Crippen LogP contribution in [-0.4, -0.2) is 53.2 Å². The van der Waals surface area contributed by atoms with E-state index in [1.807, 2.05) is 0 Å². The van der Waals surface area contributed by atoms with Gasteiger partial charge in [-0.15, -0.1) is 0 Å². The second kappa shape index (κ2) is 7.72. The van der Waals surface area contributed by atoms with E-state index in [2.05, 4.69) is 5.32 Å². The average Bonchev–Trinajstić information content (AvgIpc) is 2.30. The Bertz CT molecular complexity index is 362. The Morgan fingerprint density at radius 2 is 1.85 bits per heavy atom. The number of carboxylic acid groups (broad SMARTS) is 1. The fraction of sp³-hybridized carbons (Fsp3) is 0.769. The summed E-state index contributed by atoms with van der Waals surface area (Å²) >= 11 is 0. The predicted octanol–water partition coefficient (Wildman–Crippen LogP) is 1.22. The molecule has 0 rings (SSSR count). The number of urea groups is 1. The topological polar surface area (TPSA) is 95.9 Å². The van der Waals surface area contributed by atoms with E-state index in [1.54, 1.807) is 34.7 Å². The molecule has 20 heavy (non-hydrogen) atoms. The molecule has 0 heterocycles. The van der Waals surface area contributed by atoms with Crippen LogP contribution in [0.4, 0.5) is 4.79 Å². The molecule has 0 aliphatic rings. The first-order valence-electron chi connectivity index (χ1n) is 6.53. The van der Waals surface area contributed by atoms with Crippen LogP contribution in [0.3, 0.4) is 0 Å². The highest BCUT2D eigenvalue weighted by Crippen LogP contribution is 2.10. The maximum Gasteiger partial charge on any atom is 0.326 e. The first-order chi connectivity index (χ1) is 9.06. The lowest BCUT2D eigenvalue weighted by atomic mass is 10.1. The van der Waals surface area contributed by atoms with Crippen LogP contribution in [0.15, 0.2) is 0 Å². The van der Waals surface area contributed by atoms with E-state index in [4.69, 9.17) is 9.84 Å². The monoisotopic (exact) mass is 288 g/mol. The van der Waals surface area contributed by atoms with Crippen LogP contribution in [0.1, 0.15) is 40.5 Å². The standard InChI is InChI=1S/C13H24N2O5/c1-6-15(5)12(19)14-9(11(17)18)7-8-10(16)20-13(2,3)4/h9H,6-8H2,1-5H3,(H,14,19)(H,17,18)/t9-/m1/s1. The van der Waals surface area contributed by atoms with Crippen molar-refractivity contribution in [2.24, 2.45) is 0 Å². The van der Waals surface area contributed by atoms with Crippen LogP contribution in [0.5, 0.6) is 0 Å².